The van der Waals surface area contributed by atoms with Gasteiger partial charge >= 0.3 is 0 Å². The summed E-state index contributed by atoms with van der Waals surface area (Å²) in [6, 6.07) is 15.1. The molecule has 1 aromatic heterocycles. The molecule has 2 aromatic carbocycles. The second-order valence-corrected chi connectivity index (χ2v) is 8.64. The van der Waals surface area contributed by atoms with Crippen LogP contribution < -0.4 is 15.4 Å². The van der Waals surface area contributed by atoms with Gasteiger partial charge in [0.2, 0.25) is 0 Å². The number of rotatable bonds is 9. The molecule has 178 valence electrons. The van der Waals surface area contributed by atoms with E-state index < -0.39 is 0 Å². The Labute approximate surface area is 202 Å². The van der Waals surface area contributed by atoms with E-state index in [0.29, 0.717) is 24.0 Å². The van der Waals surface area contributed by atoms with Crippen molar-refractivity contribution in [3.8, 4) is 22.8 Å². The fourth-order valence-corrected chi connectivity index (χ4v) is 4.27. The Bertz CT molecular complexity index is 1190. The molecular weight excluding hydrogens is 426 g/mol. The molecule has 0 radical (unpaired) electrons. The molecule has 4 rings (SSSR count). The van der Waals surface area contributed by atoms with Gasteiger partial charge in [0.1, 0.15) is 11.5 Å². The second-order valence-electron chi connectivity index (χ2n) is 8.64. The maximum atomic E-state index is 12.8. The number of nitrogens with one attached hydrogen (secondary N) is 3. The van der Waals surface area contributed by atoms with Crippen molar-refractivity contribution < 1.29 is 11.0 Å². The number of carbonyl (C=O) groups is 1. The summed E-state index contributed by atoms with van der Waals surface area (Å²) < 4.78 is 6.06. The molecule has 0 spiro atoms. The summed E-state index contributed by atoms with van der Waals surface area (Å²) in [5.74, 6) is 1.86. The molecule has 1 amide bonds. The van der Waals surface area contributed by atoms with Crippen LogP contribution in [0.2, 0.25) is 0 Å². The standard InChI is InChI=1S/C27H31N5O2.H2/c1-4-19-11-20(6-8-24(19)27(33)31-15-18-16-32(3)17-18)26-13-23(9-10-30-26)34-22-7-5-21(14-28)25(12-22)29-2;/h5-14,18,28-29H,4,15-17H2,1-3H3,(H,31,33);1H. The molecule has 0 aliphatic carbocycles. The van der Waals surface area contributed by atoms with E-state index in [2.05, 4.69) is 34.5 Å². The van der Waals surface area contributed by atoms with Gasteiger partial charge in [-0.2, -0.15) is 0 Å². The van der Waals surface area contributed by atoms with Crippen molar-refractivity contribution in [3.63, 3.8) is 0 Å². The number of hydrogen-bond acceptors (Lipinski definition) is 6. The topological polar surface area (TPSA) is 90.3 Å². The van der Waals surface area contributed by atoms with Crippen LogP contribution in [0.1, 0.15) is 29.8 Å². The minimum Gasteiger partial charge on any atom is -0.457 e. The number of carbonyl (C=O) groups excluding carboxylic acids is 1. The first-order valence-electron chi connectivity index (χ1n) is 11.6. The molecule has 1 aliphatic rings. The van der Waals surface area contributed by atoms with Crippen molar-refractivity contribution >= 4 is 17.8 Å². The van der Waals surface area contributed by atoms with E-state index >= 15 is 0 Å². The minimum atomic E-state index is -0.0169. The lowest BCUT2D eigenvalue weighted by Crippen LogP contribution is -2.49. The van der Waals surface area contributed by atoms with Gasteiger partial charge in [-0.1, -0.05) is 13.0 Å². The fourth-order valence-electron chi connectivity index (χ4n) is 4.27. The van der Waals surface area contributed by atoms with Crippen LogP contribution in [0.25, 0.3) is 11.3 Å². The van der Waals surface area contributed by atoms with Gasteiger partial charge in [-0.25, -0.2) is 0 Å². The first kappa shape index (κ1) is 23.4. The highest BCUT2D eigenvalue weighted by Crippen LogP contribution is 2.29. The molecule has 7 nitrogen and oxygen atoms in total. The predicted octanol–water partition coefficient (Wildman–Crippen LogP) is 4.68. The van der Waals surface area contributed by atoms with Crippen LogP contribution in [0.5, 0.6) is 11.5 Å². The molecule has 1 saturated heterocycles. The Kier molecular flexibility index (Phi) is 7.23. The lowest BCUT2D eigenvalue weighted by atomic mass is 9.98. The number of aromatic nitrogens is 1. The van der Waals surface area contributed by atoms with Crippen LogP contribution in [-0.4, -0.2) is 55.7 Å². The lowest BCUT2D eigenvalue weighted by Gasteiger charge is -2.36. The van der Waals surface area contributed by atoms with Gasteiger partial charge in [-0.15, -0.1) is 0 Å². The number of aryl methyl sites for hydroxylation is 1. The molecule has 3 N–H and O–H groups in total. The highest BCUT2D eigenvalue weighted by atomic mass is 16.5. The Morgan fingerprint density at radius 2 is 2.00 bits per heavy atom. The third-order valence-corrected chi connectivity index (χ3v) is 6.13. The summed E-state index contributed by atoms with van der Waals surface area (Å²) in [6.07, 6.45) is 3.78. The molecule has 0 atom stereocenters. The molecule has 0 bridgehead atoms. The molecule has 2 heterocycles. The van der Waals surface area contributed by atoms with E-state index in [1.54, 1.807) is 6.20 Å². The van der Waals surface area contributed by atoms with E-state index in [4.69, 9.17) is 10.1 Å². The largest absolute Gasteiger partial charge is 0.457 e. The highest BCUT2D eigenvalue weighted by Gasteiger charge is 2.23. The SMILES string of the molecule is CCc1cc(-c2cc(Oc3ccc(C=N)c(NC)c3)ccn2)ccc1C(=O)NCC1CN(C)C1.[HH]. The van der Waals surface area contributed by atoms with Crippen molar-refractivity contribution in [2.24, 2.45) is 5.92 Å². The summed E-state index contributed by atoms with van der Waals surface area (Å²) in [7, 11) is 3.91. The number of hydrogen-bond donors (Lipinski definition) is 3. The van der Waals surface area contributed by atoms with Crippen LogP contribution in [0, 0.1) is 11.3 Å². The van der Waals surface area contributed by atoms with Gasteiger partial charge in [0.25, 0.3) is 5.91 Å². The molecular formula is C27H33N5O2. The maximum absolute atomic E-state index is 12.8. The van der Waals surface area contributed by atoms with E-state index in [9.17, 15) is 4.79 Å². The second kappa shape index (κ2) is 10.5. The molecule has 3 aromatic rings. The lowest BCUT2D eigenvalue weighted by molar-refractivity contribution is 0.0897. The van der Waals surface area contributed by atoms with E-state index in [0.717, 1.165) is 53.1 Å². The molecule has 7 heteroatoms. The van der Waals surface area contributed by atoms with E-state index in [1.807, 2.05) is 55.6 Å². The maximum Gasteiger partial charge on any atom is 0.251 e. The van der Waals surface area contributed by atoms with Crippen molar-refractivity contribution in [2.45, 2.75) is 13.3 Å². The summed E-state index contributed by atoms with van der Waals surface area (Å²) in [4.78, 5) is 19.5. The average molecular weight is 460 g/mol. The number of benzene rings is 2. The van der Waals surface area contributed by atoms with Crippen LogP contribution in [0.3, 0.4) is 0 Å². The van der Waals surface area contributed by atoms with Crippen LogP contribution in [-0.2, 0) is 6.42 Å². The van der Waals surface area contributed by atoms with Crippen LogP contribution >= 0.6 is 0 Å². The quantitative estimate of drug-likeness (QED) is 0.404. The zero-order valence-corrected chi connectivity index (χ0v) is 19.9. The zero-order chi connectivity index (χ0) is 24.1. The highest BCUT2D eigenvalue weighted by molar-refractivity contribution is 5.96. The van der Waals surface area contributed by atoms with Crippen molar-refractivity contribution in [2.75, 3.05) is 39.0 Å². The Balaban J connectivity index is 0.00000342. The Morgan fingerprint density at radius 3 is 2.71 bits per heavy atom. The van der Waals surface area contributed by atoms with E-state index in [1.165, 1.54) is 6.21 Å². The number of nitrogens with zero attached hydrogens (tertiary/aromatic N) is 2. The monoisotopic (exact) mass is 459 g/mol. The molecule has 0 saturated carbocycles. The summed E-state index contributed by atoms with van der Waals surface area (Å²) >= 11 is 0. The van der Waals surface area contributed by atoms with Gasteiger partial charge in [0, 0.05) is 80.9 Å². The van der Waals surface area contributed by atoms with Crippen molar-refractivity contribution in [3.05, 3.63) is 71.4 Å². The zero-order valence-electron chi connectivity index (χ0n) is 19.9. The minimum absolute atomic E-state index is 0. The number of anilines is 1. The number of ether oxygens (including phenoxy) is 1. The average Bonchev–Trinajstić information content (AvgIpc) is 2.85. The Hall–Kier alpha value is -3.71. The van der Waals surface area contributed by atoms with Gasteiger partial charge in [0.05, 0.1) is 5.69 Å². The van der Waals surface area contributed by atoms with Crippen molar-refractivity contribution in [1.82, 2.24) is 15.2 Å². The van der Waals surface area contributed by atoms with Gasteiger partial charge in [0.15, 0.2) is 0 Å². The number of pyridine rings is 1. The van der Waals surface area contributed by atoms with Gasteiger partial charge in [-0.3, -0.25) is 9.78 Å². The van der Waals surface area contributed by atoms with Crippen molar-refractivity contribution in [1.29, 1.82) is 5.41 Å². The number of amides is 1. The molecule has 1 fully saturated rings. The van der Waals surface area contributed by atoms with Gasteiger partial charge < -0.3 is 25.7 Å². The molecule has 1 aliphatic heterocycles. The van der Waals surface area contributed by atoms with E-state index in [-0.39, 0.29) is 7.33 Å². The first-order chi connectivity index (χ1) is 16.5. The summed E-state index contributed by atoms with van der Waals surface area (Å²) in [5.41, 5.74) is 5.05. The first-order valence-corrected chi connectivity index (χ1v) is 11.6. The summed E-state index contributed by atoms with van der Waals surface area (Å²) in [5, 5.41) is 13.7. The molecule has 0 unspecified atom stereocenters. The summed E-state index contributed by atoms with van der Waals surface area (Å²) in [6.45, 7) is 4.84. The fraction of sp³-hybridized carbons (Fsp3) is 0.296. The van der Waals surface area contributed by atoms with Crippen LogP contribution in [0.4, 0.5) is 5.69 Å². The number of likely N-dealkylation sites (tertiary alicyclic amines) is 1. The Morgan fingerprint density at radius 1 is 1.21 bits per heavy atom. The third kappa shape index (κ3) is 5.26. The van der Waals surface area contributed by atoms with Gasteiger partial charge in [-0.05, 0) is 49.4 Å². The predicted molar refractivity (Wildman–Crippen MR) is 138 cm³/mol. The third-order valence-electron chi connectivity index (χ3n) is 6.13. The van der Waals surface area contributed by atoms with Crippen LogP contribution in [0.15, 0.2) is 54.7 Å². The smallest absolute Gasteiger partial charge is 0.251 e. The normalized spacial score (nSPS) is 13.7. The molecule has 34 heavy (non-hydrogen) atoms.